The number of urea groups is 1. The maximum atomic E-state index is 10.9. The van der Waals surface area contributed by atoms with Crippen LogP contribution in [-0.2, 0) is 9.59 Å². The number of Topliss-reactive ketones (excluding diaryl/α,β-unsaturated/α-hetero) is 1. The SMILES string of the molecule is CC(=O)CCNC(=O)NC(C)C(=O)O. The molecular formula is C8H14N2O4. The van der Waals surface area contributed by atoms with E-state index in [9.17, 15) is 14.4 Å². The van der Waals surface area contributed by atoms with Crippen molar-refractivity contribution < 1.29 is 19.5 Å². The Labute approximate surface area is 81.7 Å². The molecule has 6 heteroatoms. The predicted molar refractivity (Wildman–Crippen MR) is 48.9 cm³/mol. The average molecular weight is 202 g/mol. The Hall–Kier alpha value is -1.59. The Bertz CT molecular complexity index is 239. The molecule has 0 spiro atoms. The molecule has 0 aliphatic carbocycles. The molecule has 3 N–H and O–H groups in total. The van der Waals surface area contributed by atoms with Crippen LogP contribution in [0.5, 0.6) is 0 Å². The van der Waals surface area contributed by atoms with Crippen molar-refractivity contribution in [3.8, 4) is 0 Å². The normalized spacial score (nSPS) is 11.6. The fourth-order valence-corrected chi connectivity index (χ4v) is 0.661. The van der Waals surface area contributed by atoms with Crippen molar-refractivity contribution in [1.29, 1.82) is 0 Å². The van der Waals surface area contributed by atoms with Gasteiger partial charge in [-0.25, -0.2) is 4.79 Å². The number of carboxylic acids is 1. The first-order valence-electron chi connectivity index (χ1n) is 4.20. The number of amides is 2. The zero-order valence-corrected chi connectivity index (χ0v) is 8.16. The maximum absolute atomic E-state index is 10.9. The zero-order valence-electron chi connectivity index (χ0n) is 8.16. The van der Waals surface area contributed by atoms with Crippen molar-refractivity contribution in [1.82, 2.24) is 10.6 Å². The van der Waals surface area contributed by atoms with Gasteiger partial charge in [-0.3, -0.25) is 9.59 Å². The van der Waals surface area contributed by atoms with Gasteiger partial charge in [0.25, 0.3) is 0 Å². The number of ketones is 1. The molecule has 0 heterocycles. The van der Waals surface area contributed by atoms with Crippen LogP contribution >= 0.6 is 0 Å². The van der Waals surface area contributed by atoms with E-state index in [1.54, 1.807) is 0 Å². The van der Waals surface area contributed by atoms with Crippen LogP contribution in [0.2, 0.25) is 0 Å². The van der Waals surface area contributed by atoms with Crippen molar-refractivity contribution in [2.45, 2.75) is 26.3 Å². The van der Waals surface area contributed by atoms with E-state index in [0.717, 1.165) is 0 Å². The summed E-state index contributed by atoms with van der Waals surface area (Å²) < 4.78 is 0. The second-order valence-electron chi connectivity index (χ2n) is 2.91. The highest BCUT2D eigenvalue weighted by molar-refractivity contribution is 5.82. The summed E-state index contributed by atoms with van der Waals surface area (Å²) in [5, 5.41) is 13.0. The topological polar surface area (TPSA) is 95.5 Å². The van der Waals surface area contributed by atoms with Crippen LogP contribution in [0.1, 0.15) is 20.3 Å². The van der Waals surface area contributed by atoms with Gasteiger partial charge in [0.15, 0.2) is 0 Å². The van der Waals surface area contributed by atoms with E-state index in [0.29, 0.717) is 0 Å². The van der Waals surface area contributed by atoms with Gasteiger partial charge >= 0.3 is 12.0 Å². The van der Waals surface area contributed by atoms with Gasteiger partial charge in [0.1, 0.15) is 11.8 Å². The lowest BCUT2D eigenvalue weighted by molar-refractivity contribution is -0.138. The van der Waals surface area contributed by atoms with E-state index in [1.807, 2.05) is 0 Å². The third-order valence-corrected chi connectivity index (χ3v) is 1.48. The molecule has 0 aromatic rings. The molecule has 0 aliphatic heterocycles. The van der Waals surface area contributed by atoms with Gasteiger partial charge < -0.3 is 15.7 Å². The molecule has 0 aromatic carbocycles. The van der Waals surface area contributed by atoms with Crippen molar-refractivity contribution in [3.63, 3.8) is 0 Å². The van der Waals surface area contributed by atoms with Crippen LogP contribution in [0, 0.1) is 0 Å². The summed E-state index contributed by atoms with van der Waals surface area (Å²) in [5.74, 6) is -1.14. The van der Waals surface area contributed by atoms with Gasteiger partial charge in [-0.2, -0.15) is 0 Å². The zero-order chi connectivity index (χ0) is 11.1. The second-order valence-corrected chi connectivity index (χ2v) is 2.91. The molecule has 6 nitrogen and oxygen atoms in total. The Balaban J connectivity index is 3.65. The minimum atomic E-state index is -1.10. The second kappa shape index (κ2) is 5.95. The summed E-state index contributed by atoms with van der Waals surface area (Å²) in [5.41, 5.74) is 0. The first kappa shape index (κ1) is 12.4. The molecule has 80 valence electrons. The smallest absolute Gasteiger partial charge is 0.325 e. The Morgan fingerprint density at radius 1 is 1.36 bits per heavy atom. The fraction of sp³-hybridized carbons (Fsp3) is 0.625. The number of carbonyl (C=O) groups is 3. The third-order valence-electron chi connectivity index (χ3n) is 1.48. The number of rotatable bonds is 5. The first-order valence-corrected chi connectivity index (χ1v) is 4.20. The third kappa shape index (κ3) is 5.99. The summed E-state index contributed by atoms with van der Waals surface area (Å²) in [7, 11) is 0. The summed E-state index contributed by atoms with van der Waals surface area (Å²) in [4.78, 5) is 31.8. The largest absolute Gasteiger partial charge is 0.480 e. The highest BCUT2D eigenvalue weighted by Gasteiger charge is 2.12. The molecular weight excluding hydrogens is 188 g/mol. The van der Waals surface area contributed by atoms with Gasteiger partial charge in [-0.1, -0.05) is 0 Å². The van der Waals surface area contributed by atoms with E-state index in [2.05, 4.69) is 10.6 Å². The number of carbonyl (C=O) groups excluding carboxylic acids is 2. The van der Waals surface area contributed by atoms with Crippen LogP contribution in [-0.4, -0.2) is 35.5 Å². The molecule has 1 unspecified atom stereocenters. The van der Waals surface area contributed by atoms with E-state index < -0.39 is 18.0 Å². The summed E-state index contributed by atoms with van der Waals surface area (Å²) in [6.07, 6.45) is 0.245. The lowest BCUT2D eigenvalue weighted by Gasteiger charge is -2.09. The van der Waals surface area contributed by atoms with Gasteiger partial charge in [0.2, 0.25) is 0 Å². The van der Waals surface area contributed by atoms with Gasteiger partial charge in [-0.05, 0) is 13.8 Å². The van der Waals surface area contributed by atoms with Crippen molar-refractivity contribution >= 4 is 17.8 Å². The quantitative estimate of drug-likeness (QED) is 0.572. The van der Waals surface area contributed by atoms with E-state index >= 15 is 0 Å². The molecule has 0 aliphatic rings. The van der Waals surface area contributed by atoms with Gasteiger partial charge in [-0.15, -0.1) is 0 Å². The van der Waals surface area contributed by atoms with Crippen molar-refractivity contribution in [2.24, 2.45) is 0 Å². The van der Waals surface area contributed by atoms with Crippen molar-refractivity contribution in [2.75, 3.05) is 6.54 Å². The summed E-state index contributed by atoms with van der Waals surface area (Å²) >= 11 is 0. The summed E-state index contributed by atoms with van der Waals surface area (Å²) in [6, 6.07) is -1.52. The van der Waals surface area contributed by atoms with E-state index in [-0.39, 0.29) is 18.7 Å². The average Bonchev–Trinajstić information content (AvgIpc) is 2.02. The van der Waals surface area contributed by atoms with Crippen LogP contribution < -0.4 is 10.6 Å². The molecule has 1 atom stereocenters. The van der Waals surface area contributed by atoms with Crippen LogP contribution in [0.4, 0.5) is 4.79 Å². The Kier molecular flexibility index (Phi) is 5.28. The summed E-state index contributed by atoms with van der Waals surface area (Å²) in [6.45, 7) is 2.99. The molecule has 0 saturated carbocycles. The van der Waals surface area contributed by atoms with Gasteiger partial charge in [0.05, 0.1) is 0 Å². The minimum absolute atomic E-state index is 0.0309. The predicted octanol–water partition coefficient (Wildman–Crippen LogP) is -0.262. The first-order chi connectivity index (χ1) is 6.43. The highest BCUT2D eigenvalue weighted by Crippen LogP contribution is 1.82. The number of hydrogen-bond donors (Lipinski definition) is 3. The van der Waals surface area contributed by atoms with Gasteiger partial charge in [0, 0.05) is 13.0 Å². The fourth-order valence-electron chi connectivity index (χ4n) is 0.661. The lowest BCUT2D eigenvalue weighted by atomic mass is 10.3. The lowest BCUT2D eigenvalue weighted by Crippen LogP contribution is -2.44. The molecule has 0 saturated heterocycles. The Morgan fingerprint density at radius 3 is 2.36 bits per heavy atom. The van der Waals surface area contributed by atoms with Crippen LogP contribution in [0.3, 0.4) is 0 Å². The standard InChI is InChI=1S/C8H14N2O4/c1-5(11)3-4-9-8(14)10-6(2)7(12)13/h6H,3-4H2,1-2H3,(H,12,13)(H2,9,10,14). The highest BCUT2D eigenvalue weighted by atomic mass is 16.4. The molecule has 0 rings (SSSR count). The Morgan fingerprint density at radius 2 is 1.93 bits per heavy atom. The van der Waals surface area contributed by atoms with E-state index in [4.69, 9.17) is 5.11 Å². The monoisotopic (exact) mass is 202 g/mol. The molecule has 0 radical (unpaired) electrons. The molecule has 0 fully saturated rings. The molecule has 2 amide bonds. The molecule has 0 bridgehead atoms. The number of carboxylic acid groups (broad SMARTS) is 1. The van der Waals surface area contributed by atoms with E-state index in [1.165, 1.54) is 13.8 Å². The maximum Gasteiger partial charge on any atom is 0.325 e. The van der Waals surface area contributed by atoms with Crippen LogP contribution in [0.15, 0.2) is 0 Å². The molecule has 14 heavy (non-hydrogen) atoms. The van der Waals surface area contributed by atoms with Crippen LogP contribution in [0.25, 0.3) is 0 Å². The number of hydrogen-bond acceptors (Lipinski definition) is 3. The minimum Gasteiger partial charge on any atom is -0.480 e. The number of nitrogens with one attached hydrogen (secondary N) is 2. The van der Waals surface area contributed by atoms with Crippen molar-refractivity contribution in [3.05, 3.63) is 0 Å². The number of aliphatic carboxylic acids is 1. The molecule has 0 aromatic heterocycles.